The summed E-state index contributed by atoms with van der Waals surface area (Å²) in [6, 6.07) is 3.93. The molecular weight excluding hydrogens is 228 g/mol. The average molecular weight is 252 g/mol. The van der Waals surface area contributed by atoms with Crippen molar-refractivity contribution in [3.63, 3.8) is 0 Å². The molecule has 0 fully saturated rings. The molecule has 3 heteroatoms. The van der Waals surface area contributed by atoms with Crippen LogP contribution < -0.4 is 14.2 Å². The highest BCUT2D eigenvalue weighted by Gasteiger charge is 2.14. The first-order valence-corrected chi connectivity index (χ1v) is 6.51. The zero-order chi connectivity index (χ0) is 13.5. The van der Waals surface area contributed by atoms with Crippen LogP contribution in [0.15, 0.2) is 12.1 Å². The Kier molecular flexibility index (Phi) is 5.83. The molecule has 0 saturated carbocycles. The third-order valence-electron chi connectivity index (χ3n) is 3.22. The molecule has 3 nitrogen and oxygen atoms in total. The van der Waals surface area contributed by atoms with Crippen LogP contribution >= 0.6 is 0 Å². The van der Waals surface area contributed by atoms with Gasteiger partial charge in [0.05, 0.1) is 20.8 Å². The summed E-state index contributed by atoms with van der Waals surface area (Å²) in [5.74, 6) is 2.74. The molecule has 0 heterocycles. The predicted molar refractivity (Wildman–Crippen MR) is 73.9 cm³/mol. The average Bonchev–Trinajstić information content (AvgIpc) is 2.40. The van der Waals surface area contributed by atoms with Gasteiger partial charge < -0.3 is 14.2 Å². The van der Waals surface area contributed by atoms with Gasteiger partial charge in [0, 0.05) is 0 Å². The van der Waals surface area contributed by atoms with Crippen LogP contribution in [0.5, 0.6) is 17.2 Å². The van der Waals surface area contributed by atoms with Crippen molar-refractivity contribution in [1.29, 1.82) is 0 Å². The summed E-state index contributed by atoms with van der Waals surface area (Å²) in [6.07, 6.45) is 2.24. The minimum atomic E-state index is 0.570. The standard InChI is InChI=1S/C15H24O3/c1-6-12(7-2)10-18-15-13(16-4)8-11(3)9-14(15)17-5/h8-9,12H,6-7,10H2,1-5H3. The fourth-order valence-corrected chi connectivity index (χ4v) is 1.88. The molecular formula is C15H24O3. The third-order valence-corrected chi connectivity index (χ3v) is 3.22. The summed E-state index contributed by atoms with van der Waals surface area (Å²) in [6.45, 7) is 7.07. The monoisotopic (exact) mass is 252 g/mol. The van der Waals surface area contributed by atoms with E-state index in [2.05, 4.69) is 13.8 Å². The second-order valence-electron chi connectivity index (χ2n) is 4.49. The zero-order valence-corrected chi connectivity index (χ0v) is 12.1. The molecule has 0 aliphatic carbocycles. The Labute approximate surface area is 110 Å². The summed E-state index contributed by atoms with van der Waals surface area (Å²) in [7, 11) is 3.30. The molecule has 0 amide bonds. The quantitative estimate of drug-likeness (QED) is 0.738. The molecule has 0 atom stereocenters. The number of ether oxygens (including phenoxy) is 3. The van der Waals surface area contributed by atoms with Crippen molar-refractivity contribution < 1.29 is 14.2 Å². The molecule has 102 valence electrons. The van der Waals surface area contributed by atoms with E-state index in [1.807, 2.05) is 19.1 Å². The summed E-state index contributed by atoms with van der Waals surface area (Å²) in [5.41, 5.74) is 1.10. The van der Waals surface area contributed by atoms with Gasteiger partial charge in [-0.25, -0.2) is 0 Å². The Balaban J connectivity index is 2.91. The Morgan fingerprint density at radius 1 is 1.00 bits per heavy atom. The molecule has 18 heavy (non-hydrogen) atoms. The number of hydrogen-bond acceptors (Lipinski definition) is 3. The maximum Gasteiger partial charge on any atom is 0.203 e. The minimum Gasteiger partial charge on any atom is -0.493 e. The van der Waals surface area contributed by atoms with Crippen molar-refractivity contribution in [2.24, 2.45) is 5.92 Å². The highest BCUT2D eigenvalue weighted by molar-refractivity contribution is 5.53. The van der Waals surface area contributed by atoms with E-state index in [1.165, 1.54) is 0 Å². The van der Waals surface area contributed by atoms with E-state index in [0.29, 0.717) is 18.3 Å². The van der Waals surface area contributed by atoms with Gasteiger partial charge in [-0.3, -0.25) is 0 Å². The maximum atomic E-state index is 5.90. The molecule has 0 unspecified atom stereocenters. The van der Waals surface area contributed by atoms with Crippen LogP contribution in [-0.2, 0) is 0 Å². The summed E-state index contributed by atoms with van der Waals surface area (Å²) in [4.78, 5) is 0. The van der Waals surface area contributed by atoms with Gasteiger partial charge in [0.1, 0.15) is 0 Å². The van der Waals surface area contributed by atoms with Gasteiger partial charge in [-0.1, -0.05) is 26.7 Å². The van der Waals surface area contributed by atoms with Crippen LogP contribution in [0.25, 0.3) is 0 Å². The zero-order valence-electron chi connectivity index (χ0n) is 12.1. The Morgan fingerprint density at radius 2 is 1.50 bits per heavy atom. The van der Waals surface area contributed by atoms with Crippen molar-refractivity contribution in [2.75, 3.05) is 20.8 Å². The topological polar surface area (TPSA) is 27.7 Å². The Morgan fingerprint density at radius 3 is 1.89 bits per heavy atom. The van der Waals surface area contributed by atoms with Crippen LogP contribution in [0.3, 0.4) is 0 Å². The highest BCUT2D eigenvalue weighted by Crippen LogP contribution is 2.38. The highest BCUT2D eigenvalue weighted by atomic mass is 16.5. The van der Waals surface area contributed by atoms with E-state index in [9.17, 15) is 0 Å². The van der Waals surface area contributed by atoms with Gasteiger partial charge in [-0.2, -0.15) is 0 Å². The summed E-state index contributed by atoms with van der Waals surface area (Å²) >= 11 is 0. The third kappa shape index (κ3) is 3.56. The normalized spacial score (nSPS) is 10.6. The number of benzene rings is 1. The van der Waals surface area contributed by atoms with Gasteiger partial charge in [-0.15, -0.1) is 0 Å². The van der Waals surface area contributed by atoms with Crippen molar-refractivity contribution in [2.45, 2.75) is 33.6 Å². The van der Waals surface area contributed by atoms with E-state index in [-0.39, 0.29) is 0 Å². The summed E-state index contributed by atoms with van der Waals surface area (Å²) < 4.78 is 16.6. The lowest BCUT2D eigenvalue weighted by molar-refractivity contribution is 0.220. The predicted octanol–water partition coefficient (Wildman–Crippen LogP) is 3.83. The molecule has 0 radical (unpaired) electrons. The number of rotatable bonds is 7. The number of methoxy groups -OCH3 is 2. The molecule has 0 aliphatic heterocycles. The fraction of sp³-hybridized carbons (Fsp3) is 0.600. The van der Waals surface area contributed by atoms with Crippen LogP contribution in [0.1, 0.15) is 32.3 Å². The molecule has 1 aromatic rings. The van der Waals surface area contributed by atoms with Crippen LogP contribution in [0.4, 0.5) is 0 Å². The maximum absolute atomic E-state index is 5.90. The van der Waals surface area contributed by atoms with E-state index in [4.69, 9.17) is 14.2 Å². The Hall–Kier alpha value is -1.38. The van der Waals surface area contributed by atoms with Crippen molar-refractivity contribution in [1.82, 2.24) is 0 Å². The van der Waals surface area contributed by atoms with Crippen molar-refractivity contribution >= 4 is 0 Å². The first-order valence-electron chi connectivity index (χ1n) is 6.51. The van der Waals surface area contributed by atoms with E-state index in [0.717, 1.165) is 29.9 Å². The lowest BCUT2D eigenvalue weighted by Gasteiger charge is -2.18. The van der Waals surface area contributed by atoms with Gasteiger partial charge >= 0.3 is 0 Å². The first kappa shape index (κ1) is 14.7. The van der Waals surface area contributed by atoms with Crippen LogP contribution in [0, 0.1) is 12.8 Å². The van der Waals surface area contributed by atoms with E-state index < -0.39 is 0 Å². The molecule has 1 aromatic carbocycles. The summed E-state index contributed by atoms with van der Waals surface area (Å²) in [5, 5.41) is 0. The van der Waals surface area contributed by atoms with Gasteiger partial charge in [0.25, 0.3) is 0 Å². The van der Waals surface area contributed by atoms with Crippen molar-refractivity contribution in [3.05, 3.63) is 17.7 Å². The van der Waals surface area contributed by atoms with Gasteiger partial charge in [-0.05, 0) is 30.5 Å². The molecule has 0 aromatic heterocycles. The second-order valence-corrected chi connectivity index (χ2v) is 4.49. The van der Waals surface area contributed by atoms with Gasteiger partial charge in [0.15, 0.2) is 11.5 Å². The number of hydrogen-bond donors (Lipinski definition) is 0. The molecule has 0 N–H and O–H groups in total. The van der Waals surface area contributed by atoms with Gasteiger partial charge in [0.2, 0.25) is 5.75 Å². The van der Waals surface area contributed by atoms with E-state index >= 15 is 0 Å². The smallest absolute Gasteiger partial charge is 0.203 e. The lowest BCUT2D eigenvalue weighted by Crippen LogP contribution is -2.11. The van der Waals surface area contributed by atoms with Crippen LogP contribution in [0.2, 0.25) is 0 Å². The van der Waals surface area contributed by atoms with Crippen LogP contribution in [-0.4, -0.2) is 20.8 Å². The number of aryl methyl sites for hydroxylation is 1. The molecule has 0 bridgehead atoms. The van der Waals surface area contributed by atoms with E-state index in [1.54, 1.807) is 14.2 Å². The minimum absolute atomic E-state index is 0.570. The first-order chi connectivity index (χ1) is 8.65. The molecule has 0 saturated heterocycles. The second kappa shape index (κ2) is 7.14. The fourth-order valence-electron chi connectivity index (χ4n) is 1.88. The largest absolute Gasteiger partial charge is 0.493 e. The molecule has 0 aliphatic rings. The lowest BCUT2D eigenvalue weighted by atomic mass is 10.1. The molecule has 0 spiro atoms. The Bertz CT molecular complexity index is 345. The SMILES string of the molecule is CCC(CC)COc1c(OC)cc(C)cc1OC. The molecule has 1 rings (SSSR count). The van der Waals surface area contributed by atoms with Crippen molar-refractivity contribution in [3.8, 4) is 17.2 Å².